The van der Waals surface area contributed by atoms with Gasteiger partial charge in [-0.3, -0.25) is 19.2 Å². The number of ketones is 2. The third-order valence-corrected chi connectivity index (χ3v) is 8.62. The number of allylic oxidation sites excluding steroid dienone is 4. The number of aliphatic hydroxyl groups is 1. The molecule has 32 heavy (non-hydrogen) atoms. The lowest BCUT2D eigenvalue weighted by atomic mass is 9.53. The van der Waals surface area contributed by atoms with E-state index in [2.05, 4.69) is 15.9 Å². The van der Waals surface area contributed by atoms with Crippen LogP contribution >= 0.6 is 15.9 Å². The van der Waals surface area contributed by atoms with Crippen LogP contribution < -0.4 is 0 Å². The number of esters is 2. The summed E-state index contributed by atoms with van der Waals surface area (Å²) in [4.78, 5) is 48.1. The second-order valence-corrected chi connectivity index (χ2v) is 10.3. The maximum Gasteiger partial charge on any atom is 0.303 e. The van der Waals surface area contributed by atoms with Gasteiger partial charge < -0.3 is 14.6 Å². The largest absolute Gasteiger partial charge is 0.462 e. The maximum absolute atomic E-state index is 12.9. The van der Waals surface area contributed by atoms with E-state index in [0.717, 1.165) is 5.57 Å². The summed E-state index contributed by atoms with van der Waals surface area (Å²) in [6, 6.07) is 0. The van der Waals surface area contributed by atoms with Crippen molar-refractivity contribution < 1.29 is 33.8 Å². The molecule has 176 valence electrons. The van der Waals surface area contributed by atoms with E-state index in [4.69, 9.17) is 9.47 Å². The summed E-state index contributed by atoms with van der Waals surface area (Å²) >= 11 is 3.50. The molecule has 3 aliphatic carbocycles. The van der Waals surface area contributed by atoms with Crippen molar-refractivity contribution in [2.45, 2.75) is 65.1 Å². The normalized spacial score (nSPS) is 38.6. The van der Waals surface area contributed by atoms with Crippen LogP contribution in [0.15, 0.2) is 23.8 Å². The molecule has 2 saturated carbocycles. The Kier molecular flexibility index (Phi) is 6.87. The highest BCUT2D eigenvalue weighted by Gasteiger charge is 2.65. The summed E-state index contributed by atoms with van der Waals surface area (Å²) in [5, 5.41) is 12.0. The number of carbonyl (C=O) groups excluding carboxylic acids is 4. The Morgan fingerprint density at radius 1 is 1.22 bits per heavy atom. The molecule has 0 aliphatic heterocycles. The first-order chi connectivity index (χ1) is 14.9. The molecule has 0 aromatic carbocycles. The molecule has 7 nitrogen and oxygen atoms in total. The predicted molar refractivity (Wildman–Crippen MR) is 120 cm³/mol. The van der Waals surface area contributed by atoms with E-state index in [-0.39, 0.29) is 24.0 Å². The third kappa shape index (κ3) is 4.12. The Bertz CT molecular complexity index is 893. The molecule has 1 N–H and O–H groups in total. The van der Waals surface area contributed by atoms with Gasteiger partial charge in [0, 0.05) is 35.9 Å². The van der Waals surface area contributed by atoms with Gasteiger partial charge in [0.25, 0.3) is 0 Å². The van der Waals surface area contributed by atoms with E-state index in [0.29, 0.717) is 24.6 Å². The van der Waals surface area contributed by atoms with Crippen molar-refractivity contribution >= 4 is 39.4 Å². The molecule has 0 heterocycles. The second-order valence-electron chi connectivity index (χ2n) is 9.73. The number of alkyl halides is 1. The van der Waals surface area contributed by atoms with Crippen molar-refractivity contribution in [3.63, 3.8) is 0 Å². The molecule has 8 heteroatoms. The van der Waals surface area contributed by atoms with E-state index in [1.54, 1.807) is 12.2 Å². The molecule has 0 saturated heterocycles. The zero-order valence-electron chi connectivity index (χ0n) is 19.0. The van der Waals surface area contributed by atoms with Crippen LogP contribution in [0.1, 0.15) is 53.4 Å². The molecule has 3 aliphatic rings. The van der Waals surface area contributed by atoms with E-state index in [1.165, 1.54) is 13.8 Å². The summed E-state index contributed by atoms with van der Waals surface area (Å²) in [5.74, 6) is -1.72. The van der Waals surface area contributed by atoms with Gasteiger partial charge in [-0.05, 0) is 49.3 Å². The van der Waals surface area contributed by atoms with Gasteiger partial charge in [-0.15, -0.1) is 0 Å². The molecule has 0 radical (unpaired) electrons. The molecule has 0 aromatic heterocycles. The number of Topliss-reactive ketones (excluding diaryl/α,β-unsaturated/α-hetero) is 1. The van der Waals surface area contributed by atoms with E-state index in [9.17, 15) is 24.3 Å². The topological polar surface area (TPSA) is 107 Å². The van der Waals surface area contributed by atoms with E-state index in [1.807, 2.05) is 19.9 Å². The quantitative estimate of drug-likeness (QED) is 0.432. The Morgan fingerprint density at radius 2 is 1.91 bits per heavy atom. The minimum Gasteiger partial charge on any atom is -0.462 e. The number of fused-ring (bicyclic) bond motifs is 1. The molecule has 0 aromatic rings. The fourth-order valence-electron chi connectivity index (χ4n) is 6.05. The predicted octanol–water partition coefficient (Wildman–Crippen LogP) is 3.07. The minimum absolute atomic E-state index is 0.00464. The second kappa shape index (κ2) is 8.86. The maximum atomic E-state index is 12.9. The van der Waals surface area contributed by atoms with Crippen molar-refractivity contribution in [1.29, 1.82) is 0 Å². The molecule has 0 bridgehead atoms. The standard InChI is InChI=1S/C24H31BrO7/c1-14(26)31-13-21(29)24(30)8-5-16-10-19(20(32-15(2)27)11-23(16,24)4)22(3)7-6-18(28)9-17(22)12-25/h6-7,9,16,19-20,30H,5,8,10-13H2,1-4H3/t16?,19?,20-,22-,23-,24-/m0/s1. The SMILES string of the molecule is CC(=O)OCC(=O)[C@@]1(O)CCC2CC([C@@]3(C)C=CC(=O)C=C3CBr)[C@@H](OC(C)=O)C[C@@]21C. The van der Waals surface area contributed by atoms with Crippen LogP contribution in [0.5, 0.6) is 0 Å². The third-order valence-electron chi connectivity index (χ3n) is 8.01. The summed E-state index contributed by atoms with van der Waals surface area (Å²) in [7, 11) is 0. The van der Waals surface area contributed by atoms with Crippen LogP contribution in [-0.4, -0.2) is 52.3 Å². The molecule has 2 unspecified atom stereocenters. The van der Waals surface area contributed by atoms with Gasteiger partial charge in [-0.1, -0.05) is 35.9 Å². The first kappa shape index (κ1) is 24.8. The highest BCUT2D eigenvalue weighted by atomic mass is 79.9. The number of rotatable bonds is 6. The van der Waals surface area contributed by atoms with Crippen molar-refractivity contribution in [3.05, 3.63) is 23.8 Å². The smallest absolute Gasteiger partial charge is 0.303 e. The average Bonchev–Trinajstić information content (AvgIpc) is 2.98. The van der Waals surface area contributed by atoms with Gasteiger partial charge >= 0.3 is 11.9 Å². The zero-order valence-corrected chi connectivity index (χ0v) is 20.6. The van der Waals surface area contributed by atoms with E-state index < -0.39 is 46.9 Å². The fourth-order valence-corrected chi connectivity index (χ4v) is 6.82. The molecule has 3 rings (SSSR count). The van der Waals surface area contributed by atoms with Gasteiger partial charge in [0.05, 0.1) is 0 Å². The zero-order chi connectivity index (χ0) is 23.9. The Balaban J connectivity index is 1.97. The number of hydrogen-bond donors (Lipinski definition) is 1. The van der Waals surface area contributed by atoms with Crippen LogP contribution in [0.3, 0.4) is 0 Å². The first-order valence-corrected chi connectivity index (χ1v) is 12.1. The number of ether oxygens (including phenoxy) is 2. The fraction of sp³-hybridized carbons (Fsp3) is 0.667. The van der Waals surface area contributed by atoms with Gasteiger partial charge in [-0.25, -0.2) is 0 Å². The molecule has 0 amide bonds. The molecular formula is C24H31BrO7. The van der Waals surface area contributed by atoms with Crippen LogP contribution in [-0.2, 0) is 28.7 Å². The summed E-state index contributed by atoms with van der Waals surface area (Å²) in [6.45, 7) is 6.00. The number of carbonyl (C=O) groups is 4. The van der Waals surface area contributed by atoms with E-state index >= 15 is 0 Å². The highest BCUT2D eigenvalue weighted by molar-refractivity contribution is 9.09. The van der Waals surface area contributed by atoms with Gasteiger partial charge in [0.2, 0.25) is 5.78 Å². The van der Waals surface area contributed by atoms with Gasteiger partial charge in [0.15, 0.2) is 12.4 Å². The van der Waals surface area contributed by atoms with Crippen molar-refractivity contribution in [3.8, 4) is 0 Å². The number of halogens is 1. The first-order valence-electron chi connectivity index (χ1n) is 10.9. The summed E-state index contributed by atoms with van der Waals surface area (Å²) < 4.78 is 10.7. The lowest BCUT2D eigenvalue weighted by Crippen LogP contribution is -2.58. The molecule has 2 fully saturated rings. The highest BCUT2D eigenvalue weighted by Crippen LogP contribution is 2.62. The van der Waals surface area contributed by atoms with Crippen LogP contribution in [0, 0.1) is 22.7 Å². The number of hydrogen-bond acceptors (Lipinski definition) is 7. The molecule has 0 spiro atoms. The molecular weight excluding hydrogens is 480 g/mol. The Morgan fingerprint density at radius 3 is 2.50 bits per heavy atom. The lowest BCUT2D eigenvalue weighted by molar-refractivity contribution is -0.179. The van der Waals surface area contributed by atoms with Crippen LogP contribution in [0.4, 0.5) is 0 Å². The van der Waals surface area contributed by atoms with Crippen molar-refractivity contribution in [1.82, 2.24) is 0 Å². The summed E-state index contributed by atoms with van der Waals surface area (Å²) in [6.07, 6.45) is 6.34. The average molecular weight is 511 g/mol. The molecule has 6 atom stereocenters. The Hall–Kier alpha value is -1.80. The Labute approximate surface area is 196 Å². The summed E-state index contributed by atoms with van der Waals surface area (Å²) in [5.41, 5.74) is -2.09. The monoisotopic (exact) mass is 510 g/mol. The van der Waals surface area contributed by atoms with Crippen molar-refractivity contribution in [2.24, 2.45) is 22.7 Å². The lowest BCUT2D eigenvalue weighted by Gasteiger charge is -2.53. The van der Waals surface area contributed by atoms with Gasteiger partial charge in [0.1, 0.15) is 11.7 Å². The van der Waals surface area contributed by atoms with Crippen molar-refractivity contribution in [2.75, 3.05) is 11.9 Å². The van der Waals surface area contributed by atoms with Crippen LogP contribution in [0.2, 0.25) is 0 Å². The van der Waals surface area contributed by atoms with Gasteiger partial charge in [-0.2, -0.15) is 0 Å². The minimum atomic E-state index is -1.66. The van der Waals surface area contributed by atoms with Crippen LogP contribution in [0.25, 0.3) is 0 Å².